The first-order valence-electron chi connectivity index (χ1n) is 5.37. The van der Waals surface area contributed by atoms with E-state index in [0.717, 1.165) is 4.47 Å². The Bertz CT molecular complexity index is 599. The van der Waals surface area contributed by atoms with Crippen LogP contribution in [0, 0.1) is 10.1 Å². The Morgan fingerprint density at radius 2 is 1.68 bits per heavy atom. The molecular formula is C13H9Br2NO3. The van der Waals surface area contributed by atoms with E-state index in [-0.39, 0.29) is 12.3 Å². The fraction of sp³-hybridized carbons (Fsp3) is 0.0769. The minimum atomic E-state index is -0.412. The molecule has 6 heteroatoms. The van der Waals surface area contributed by atoms with Crippen LogP contribution < -0.4 is 4.74 Å². The van der Waals surface area contributed by atoms with Crippen molar-refractivity contribution in [2.24, 2.45) is 0 Å². The molecule has 0 aromatic heterocycles. The molecule has 0 aliphatic carbocycles. The third kappa shape index (κ3) is 3.78. The molecule has 0 saturated heterocycles. The van der Waals surface area contributed by atoms with E-state index >= 15 is 0 Å². The van der Waals surface area contributed by atoms with Crippen molar-refractivity contribution in [3.8, 4) is 5.75 Å². The molecule has 0 saturated carbocycles. The van der Waals surface area contributed by atoms with Crippen LogP contribution in [0.4, 0.5) is 5.69 Å². The monoisotopic (exact) mass is 385 g/mol. The number of nitro benzene ring substituents is 1. The highest BCUT2D eigenvalue weighted by Crippen LogP contribution is 2.25. The van der Waals surface area contributed by atoms with Crippen molar-refractivity contribution in [3.63, 3.8) is 0 Å². The summed E-state index contributed by atoms with van der Waals surface area (Å²) in [5.41, 5.74) is 0.586. The van der Waals surface area contributed by atoms with E-state index in [1.807, 2.05) is 12.1 Å². The standard InChI is InChI=1S/C13H9Br2NO3/c14-10-3-5-12(6-4-10)19-8-9-1-2-11(15)7-13(9)16(17)18/h1-7H,8H2. The van der Waals surface area contributed by atoms with E-state index in [2.05, 4.69) is 31.9 Å². The van der Waals surface area contributed by atoms with Gasteiger partial charge in [-0.2, -0.15) is 0 Å². The predicted octanol–water partition coefficient (Wildman–Crippen LogP) is 4.70. The highest BCUT2D eigenvalue weighted by Gasteiger charge is 2.14. The summed E-state index contributed by atoms with van der Waals surface area (Å²) in [6, 6.07) is 12.2. The second-order valence-electron chi connectivity index (χ2n) is 3.77. The van der Waals surface area contributed by atoms with Gasteiger partial charge in [0.2, 0.25) is 0 Å². The van der Waals surface area contributed by atoms with Crippen molar-refractivity contribution in [2.75, 3.05) is 0 Å². The lowest BCUT2D eigenvalue weighted by atomic mass is 10.2. The first-order chi connectivity index (χ1) is 9.06. The number of benzene rings is 2. The third-order valence-corrected chi connectivity index (χ3v) is 3.47. The largest absolute Gasteiger partial charge is 0.489 e. The van der Waals surface area contributed by atoms with Crippen molar-refractivity contribution in [1.82, 2.24) is 0 Å². The molecule has 0 bridgehead atoms. The van der Waals surface area contributed by atoms with Crippen LogP contribution in [0.15, 0.2) is 51.4 Å². The molecule has 2 aromatic carbocycles. The van der Waals surface area contributed by atoms with Gasteiger partial charge in [-0.1, -0.05) is 31.9 Å². The van der Waals surface area contributed by atoms with E-state index in [1.165, 1.54) is 6.07 Å². The van der Waals surface area contributed by atoms with Gasteiger partial charge in [0.25, 0.3) is 5.69 Å². The molecule has 0 radical (unpaired) electrons. The molecule has 0 aliphatic rings. The SMILES string of the molecule is O=[N+]([O-])c1cc(Br)ccc1COc1ccc(Br)cc1. The zero-order valence-corrected chi connectivity index (χ0v) is 12.8. The molecule has 2 rings (SSSR count). The summed E-state index contributed by atoms with van der Waals surface area (Å²) in [4.78, 5) is 10.5. The Balaban J connectivity index is 2.15. The van der Waals surface area contributed by atoms with Gasteiger partial charge in [0.1, 0.15) is 12.4 Å². The van der Waals surface area contributed by atoms with Gasteiger partial charge in [0.05, 0.1) is 10.5 Å². The fourth-order valence-corrected chi connectivity index (χ4v) is 2.13. The van der Waals surface area contributed by atoms with E-state index in [9.17, 15) is 10.1 Å². The van der Waals surface area contributed by atoms with Crippen LogP contribution in [0.5, 0.6) is 5.75 Å². The molecule has 98 valence electrons. The highest BCUT2D eigenvalue weighted by atomic mass is 79.9. The summed E-state index contributed by atoms with van der Waals surface area (Å²) in [6.07, 6.45) is 0. The van der Waals surface area contributed by atoms with E-state index in [4.69, 9.17) is 4.74 Å². The van der Waals surface area contributed by atoms with Crippen LogP contribution >= 0.6 is 31.9 Å². The Morgan fingerprint density at radius 3 is 2.32 bits per heavy atom. The fourth-order valence-electron chi connectivity index (χ4n) is 1.52. The highest BCUT2D eigenvalue weighted by molar-refractivity contribution is 9.10. The van der Waals surface area contributed by atoms with Crippen molar-refractivity contribution in [1.29, 1.82) is 0 Å². The molecule has 0 heterocycles. The minimum absolute atomic E-state index is 0.0477. The number of hydrogen-bond acceptors (Lipinski definition) is 3. The zero-order chi connectivity index (χ0) is 13.8. The second-order valence-corrected chi connectivity index (χ2v) is 5.60. The van der Waals surface area contributed by atoms with Gasteiger partial charge in [0, 0.05) is 15.0 Å². The molecule has 0 atom stereocenters. The Labute approximate surface area is 126 Å². The number of rotatable bonds is 4. The summed E-state index contributed by atoms with van der Waals surface area (Å²) in [5, 5.41) is 11.0. The van der Waals surface area contributed by atoms with Crippen LogP contribution in [0.1, 0.15) is 5.56 Å². The molecular weight excluding hydrogens is 378 g/mol. The van der Waals surface area contributed by atoms with Gasteiger partial charge >= 0.3 is 0 Å². The summed E-state index contributed by atoms with van der Waals surface area (Å²) in [5.74, 6) is 0.667. The summed E-state index contributed by atoms with van der Waals surface area (Å²) >= 11 is 6.55. The Hall–Kier alpha value is -1.40. The molecule has 4 nitrogen and oxygen atoms in total. The van der Waals surface area contributed by atoms with Crippen LogP contribution in [-0.4, -0.2) is 4.92 Å². The van der Waals surface area contributed by atoms with Gasteiger partial charge in [-0.3, -0.25) is 10.1 Å². The Kier molecular flexibility index (Phi) is 4.55. The summed E-state index contributed by atoms with van der Waals surface area (Å²) < 4.78 is 7.16. The quantitative estimate of drug-likeness (QED) is 0.565. The van der Waals surface area contributed by atoms with Crippen LogP contribution in [0.2, 0.25) is 0 Å². The van der Waals surface area contributed by atoms with Crippen molar-refractivity contribution >= 4 is 37.5 Å². The molecule has 19 heavy (non-hydrogen) atoms. The van der Waals surface area contributed by atoms with E-state index in [1.54, 1.807) is 24.3 Å². The molecule has 2 aromatic rings. The topological polar surface area (TPSA) is 52.4 Å². The number of nitro groups is 1. The summed E-state index contributed by atoms with van der Waals surface area (Å²) in [6.45, 7) is 0.158. The first-order valence-corrected chi connectivity index (χ1v) is 6.96. The lowest BCUT2D eigenvalue weighted by Crippen LogP contribution is -2.00. The average molecular weight is 387 g/mol. The van der Waals surface area contributed by atoms with Gasteiger partial charge in [-0.05, 0) is 36.4 Å². The van der Waals surface area contributed by atoms with Gasteiger partial charge < -0.3 is 4.74 Å². The van der Waals surface area contributed by atoms with Gasteiger partial charge in [-0.25, -0.2) is 0 Å². The number of hydrogen-bond donors (Lipinski definition) is 0. The van der Waals surface area contributed by atoms with Crippen molar-refractivity contribution in [3.05, 3.63) is 67.1 Å². The molecule has 0 fully saturated rings. The van der Waals surface area contributed by atoms with E-state index in [0.29, 0.717) is 15.8 Å². The maximum absolute atomic E-state index is 11.0. The minimum Gasteiger partial charge on any atom is -0.489 e. The normalized spacial score (nSPS) is 10.2. The molecule has 0 unspecified atom stereocenters. The first kappa shape index (κ1) is 14.0. The third-order valence-electron chi connectivity index (χ3n) is 2.45. The average Bonchev–Trinajstić information content (AvgIpc) is 2.39. The smallest absolute Gasteiger partial charge is 0.277 e. The zero-order valence-electron chi connectivity index (χ0n) is 9.68. The van der Waals surface area contributed by atoms with Gasteiger partial charge in [-0.15, -0.1) is 0 Å². The number of halogens is 2. The number of nitrogens with zero attached hydrogens (tertiary/aromatic N) is 1. The molecule has 0 spiro atoms. The Morgan fingerprint density at radius 1 is 1.05 bits per heavy atom. The maximum Gasteiger partial charge on any atom is 0.277 e. The maximum atomic E-state index is 11.0. The van der Waals surface area contributed by atoms with Gasteiger partial charge in [0.15, 0.2) is 0 Å². The predicted molar refractivity (Wildman–Crippen MR) is 79.3 cm³/mol. The van der Waals surface area contributed by atoms with Crippen molar-refractivity contribution < 1.29 is 9.66 Å². The second kappa shape index (κ2) is 6.16. The summed E-state index contributed by atoms with van der Waals surface area (Å²) in [7, 11) is 0. The molecule has 0 N–H and O–H groups in total. The lowest BCUT2D eigenvalue weighted by Gasteiger charge is -2.07. The van der Waals surface area contributed by atoms with Crippen molar-refractivity contribution in [2.45, 2.75) is 6.61 Å². The van der Waals surface area contributed by atoms with Crippen LogP contribution in [-0.2, 0) is 6.61 Å². The lowest BCUT2D eigenvalue weighted by molar-refractivity contribution is -0.385. The van der Waals surface area contributed by atoms with E-state index < -0.39 is 4.92 Å². The molecule has 0 aliphatic heterocycles. The van der Waals surface area contributed by atoms with Crippen LogP contribution in [0.3, 0.4) is 0 Å². The van der Waals surface area contributed by atoms with Crippen LogP contribution in [0.25, 0.3) is 0 Å². The molecule has 0 amide bonds. The number of ether oxygens (including phenoxy) is 1.